The van der Waals surface area contributed by atoms with Gasteiger partial charge in [0.25, 0.3) is 0 Å². The summed E-state index contributed by atoms with van der Waals surface area (Å²) in [4.78, 5) is 0. The summed E-state index contributed by atoms with van der Waals surface area (Å²) >= 11 is 0. The molecular formula is C11H14N+. The molecule has 0 saturated carbocycles. The van der Waals surface area contributed by atoms with Gasteiger partial charge < -0.3 is 0 Å². The van der Waals surface area contributed by atoms with Crippen LogP contribution < -0.4 is 0 Å². The fourth-order valence-electron chi connectivity index (χ4n) is 1.17. The van der Waals surface area contributed by atoms with Crippen molar-refractivity contribution >= 4 is 18.0 Å². The topological polar surface area (TPSA) is 3.01 Å². The van der Waals surface area contributed by atoms with E-state index in [9.17, 15) is 0 Å². The van der Waals surface area contributed by atoms with Crippen molar-refractivity contribution in [3.8, 4) is 0 Å². The van der Waals surface area contributed by atoms with Gasteiger partial charge in [-0.2, -0.15) is 0 Å². The summed E-state index contributed by atoms with van der Waals surface area (Å²) in [5, 5.41) is 0. The standard InChI is InChI=1S/C11H14N/c1-9(2)10-7-5-6-8-11(10)12(3)4/h5-8H,1,3H2,2,4H3/q+1. The second kappa shape index (κ2) is 3.35. The van der Waals surface area contributed by atoms with Gasteiger partial charge in [0, 0.05) is 11.6 Å². The molecular weight excluding hydrogens is 146 g/mol. The van der Waals surface area contributed by atoms with Crippen molar-refractivity contribution in [3.05, 3.63) is 36.4 Å². The van der Waals surface area contributed by atoms with E-state index in [1.54, 1.807) is 0 Å². The number of rotatable bonds is 2. The van der Waals surface area contributed by atoms with E-state index in [0.29, 0.717) is 0 Å². The number of allylic oxidation sites excluding steroid dienone is 1. The summed E-state index contributed by atoms with van der Waals surface area (Å²) in [5.74, 6) is 0. The highest BCUT2D eigenvalue weighted by atomic mass is 14.9. The molecule has 0 spiro atoms. The Kier molecular flexibility index (Phi) is 2.44. The van der Waals surface area contributed by atoms with Crippen LogP contribution in [0.4, 0.5) is 5.69 Å². The summed E-state index contributed by atoms with van der Waals surface area (Å²) < 4.78 is 1.85. The summed E-state index contributed by atoms with van der Waals surface area (Å²) in [5.41, 5.74) is 3.35. The third kappa shape index (κ3) is 1.62. The predicted molar refractivity (Wildman–Crippen MR) is 54.1 cm³/mol. The average molecular weight is 160 g/mol. The van der Waals surface area contributed by atoms with E-state index in [4.69, 9.17) is 0 Å². The Labute approximate surface area is 73.7 Å². The van der Waals surface area contributed by atoms with E-state index in [2.05, 4.69) is 19.4 Å². The summed E-state index contributed by atoms with van der Waals surface area (Å²) in [6.45, 7) is 9.76. The van der Waals surface area contributed by atoms with Crippen molar-refractivity contribution in [2.24, 2.45) is 0 Å². The molecule has 0 atom stereocenters. The van der Waals surface area contributed by atoms with Gasteiger partial charge in [-0.3, -0.25) is 0 Å². The lowest BCUT2D eigenvalue weighted by molar-refractivity contribution is -0.394. The van der Waals surface area contributed by atoms with Crippen molar-refractivity contribution in [2.75, 3.05) is 7.05 Å². The van der Waals surface area contributed by atoms with Crippen LogP contribution in [0.25, 0.3) is 5.57 Å². The highest BCUT2D eigenvalue weighted by molar-refractivity contribution is 5.69. The van der Waals surface area contributed by atoms with Crippen LogP contribution in [0.5, 0.6) is 0 Å². The number of nitrogens with zero attached hydrogens (tertiary/aromatic N) is 1. The minimum Gasteiger partial charge on any atom is -0.208 e. The van der Waals surface area contributed by atoms with Crippen LogP contribution in [0, 0.1) is 0 Å². The van der Waals surface area contributed by atoms with Crippen LogP contribution in [0.15, 0.2) is 30.8 Å². The van der Waals surface area contributed by atoms with E-state index in [0.717, 1.165) is 16.8 Å². The third-order valence-electron chi connectivity index (χ3n) is 1.78. The van der Waals surface area contributed by atoms with Crippen molar-refractivity contribution in [3.63, 3.8) is 0 Å². The highest BCUT2D eigenvalue weighted by Crippen LogP contribution is 2.22. The first-order valence-corrected chi connectivity index (χ1v) is 3.92. The summed E-state index contributed by atoms with van der Waals surface area (Å²) in [6.07, 6.45) is 0. The van der Waals surface area contributed by atoms with Crippen molar-refractivity contribution in [1.29, 1.82) is 0 Å². The van der Waals surface area contributed by atoms with Gasteiger partial charge in [0.05, 0.1) is 0 Å². The number of benzene rings is 1. The minimum absolute atomic E-state index is 1.07. The molecule has 0 aromatic heterocycles. The Morgan fingerprint density at radius 1 is 1.33 bits per heavy atom. The van der Waals surface area contributed by atoms with Crippen LogP contribution in [0.2, 0.25) is 0 Å². The fraction of sp³-hybridized carbons (Fsp3) is 0.182. The van der Waals surface area contributed by atoms with E-state index >= 15 is 0 Å². The normalized spacial score (nSPS) is 9.50. The fourth-order valence-corrected chi connectivity index (χ4v) is 1.17. The molecule has 1 nitrogen and oxygen atoms in total. The van der Waals surface area contributed by atoms with E-state index in [1.165, 1.54) is 0 Å². The molecule has 0 aliphatic heterocycles. The van der Waals surface area contributed by atoms with E-state index in [1.807, 2.05) is 36.7 Å². The predicted octanol–water partition coefficient (Wildman–Crippen LogP) is 2.69. The van der Waals surface area contributed by atoms with Crippen molar-refractivity contribution < 1.29 is 4.58 Å². The Morgan fingerprint density at radius 3 is 2.33 bits per heavy atom. The number of para-hydroxylation sites is 1. The maximum Gasteiger partial charge on any atom is 0.211 e. The molecule has 1 heteroatoms. The molecule has 62 valence electrons. The molecule has 0 heterocycles. The van der Waals surface area contributed by atoms with Crippen molar-refractivity contribution in [2.45, 2.75) is 6.92 Å². The van der Waals surface area contributed by atoms with Gasteiger partial charge in [-0.15, -0.1) is 0 Å². The third-order valence-corrected chi connectivity index (χ3v) is 1.78. The second-order valence-corrected chi connectivity index (χ2v) is 3.00. The minimum atomic E-state index is 1.07. The Balaban J connectivity index is 3.27. The van der Waals surface area contributed by atoms with E-state index in [-0.39, 0.29) is 0 Å². The van der Waals surface area contributed by atoms with Crippen LogP contribution in [0.3, 0.4) is 0 Å². The first kappa shape index (κ1) is 8.72. The average Bonchev–Trinajstić information content (AvgIpc) is 2.04. The van der Waals surface area contributed by atoms with Gasteiger partial charge in [-0.05, 0) is 18.6 Å². The number of hydrogen-bond donors (Lipinski definition) is 0. The molecule has 0 fully saturated rings. The summed E-state index contributed by atoms with van der Waals surface area (Å²) in [7, 11) is 1.93. The zero-order valence-electron chi connectivity index (χ0n) is 7.67. The smallest absolute Gasteiger partial charge is 0.208 e. The molecule has 0 saturated heterocycles. The Hall–Kier alpha value is -1.37. The second-order valence-electron chi connectivity index (χ2n) is 3.00. The molecule has 0 aliphatic rings. The Morgan fingerprint density at radius 2 is 1.92 bits per heavy atom. The van der Waals surface area contributed by atoms with Crippen LogP contribution in [-0.4, -0.2) is 18.3 Å². The van der Waals surface area contributed by atoms with Crippen LogP contribution >= 0.6 is 0 Å². The molecule has 0 N–H and O–H groups in total. The molecule has 0 aliphatic carbocycles. The van der Waals surface area contributed by atoms with Gasteiger partial charge in [0.15, 0.2) is 0 Å². The van der Waals surface area contributed by atoms with Crippen LogP contribution in [-0.2, 0) is 0 Å². The van der Waals surface area contributed by atoms with Gasteiger partial charge in [0.1, 0.15) is 13.8 Å². The quantitative estimate of drug-likeness (QED) is 0.462. The van der Waals surface area contributed by atoms with Crippen molar-refractivity contribution in [1.82, 2.24) is 0 Å². The van der Waals surface area contributed by atoms with Crippen LogP contribution in [0.1, 0.15) is 12.5 Å². The van der Waals surface area contributed by atoms with Gasteiger partial charge >= 0.3 is 0 Å². The largest absolute Gasteiger partial charge is 0.211 e. The maximum absolute atomic E-state index is 3.91. The molecule has 1 aromatic rings. The molecule has 1 aromatic carbocycles. The van der Waals surface area contributed by atoms with E-state index < -0.39 is 0 Å². The lowest BCUT2D eigenvalue weighted by Gasteiger charge is -2.02. The molecule has 0 radical (unpaired) electrons. The zero-order valence-corrected chi connectivity index (χ0v) is 7.67. The molecule has 1 rings (SSSR count). The SMILES string of the molecule is C=C(C)c1ccccc1[N+](=C)C. The molecule has 12 heavy (non-hydrogen) atoms. The molecule has 0 bridgehead atoms. The monoisotopic (exact) mass is 160 g/mol. The Bertz CT molecular complexity index is 291. The highest BCUT2D eigenvalue weighted by Gasteiger charge is 2.07. The lowest BCUT2D eigenvalue weighted by Crippen LogP contribution is -1.95. The first-order chi connectivity index (χ1) is 5.63. The van der Waals surface area contributed by atoms with Gasteiger partial charge in [0.2, 0.25) is 5.69 Å². The zero-order chi connectivity index (χ0) is 9.14. The summed E-state index contributed by atoms with van der Waals surface area (Å²) in [6, 6.07) is 8.11. The lowest BCUT2D eigenvalue weighted by atomic mass is 10.1. The molecule has 0 unspecified atom stereocenters. The maximum atomic E-state index is 3.91. The van der Waals surface area contributed by atoms with Gasteiger partial charge in [-0.1, -0.05) is 18.7 Å². The van der Waals surface area contributed by atoms with Gasteiger partial charge in [-0.25, -0.2) is 4.58 Å². The number of hydrogen-bond acceptors (Lipinski definition) is 0. The first-order valence-electron chi connectivity index (χ1n) is 3.92. The molecule has 0 amide bonds.